The summed E-state index contributed by atoms with van der Waals surface area (Å²) in [4.78, 5) is 0. The van der Waals surface area contributed by atoms with Crippen LogP contribution in [0.15, 0.2) is 0 Å². The van der Waals surface area contributed by atoms with E-state index in [4.69, 9.17) is 0 Å². The first-order chi connectivity index (χ1) is 9.68. The van der Waals surface area contributed by atoms with E-state index in [1.54, 1.807) is 0 Å². The van der Waals surface area contributed by atoms with E-state index in [1.807, 2.05) is 0 Å². The summed E-state index contributed by atoms with van der Waals surface area (Å²) in [7, 11) is 0. The van der Waals surface area contributed by atoms with E-state index in [-0.39, 0.29) is 6.10 Å². The fourth-order valence-corrected chi connectivity index (χ4v) is 9.03. The van der Waals surface area contributed by atoms with Crippen molar-refractivity contribution < 1.29 is 5.11 Å². The van der Waals surface area contributed by atoms with Gasteiger partial charge >= 0.3 is 0 Å². The van der Waals surface area contributed by atoms with E-state index in [2.05, 4.69) is 34.6 Å². The molecule has 4 fully saturated rings. The highest BCUT2D eigenvalue weighted by Gasteiger charge is 2.79. The summed E-state index contributed by atoms with van der Waals surface area (Å²) in [6, 6.07) is 0. The van der Waals surface area contributed by atoms with Crippen molar-refractivity contribution in [2.24, 2.45) is 39.4 Å². The smallest absolute Gasteiger partial charge is 0.0971 e. The Morgan fingerprint density at radius 1 is 0.952 bits per heavy atom. The molecular weight excluding hydrogens is 256 g/mol. The molecule has 0 saturated heterocycles. The molecule has 0 heterocycles. The van der Waals surface area contributed by atoms with Crippen LogP contribution < -0.4 is 0 Å². The van der Waals surface area contributed by atoms with E-state index >= 15 is 0 Å². The minimum atomic E-state index is -0.292. The maximum absolute atomic E-state index is 13.1. The molecular formula is C20H33O. The van der Waals surface area contributed by atoms with Crippen molar-refractivity contribution in [2.75, 3.05) is 0 Å². The summed E-state index contributed by atoms with van der Waals surface area (Å²) >= 11 is 0. The lowest BCUT2D eigenvalue weighted by atomic mass is 9.50. The molecule has 119 valence electrons. The lowest BCUT2D eigenvalue weighted by Gasteiger charge is -2.54. The van der Waals surface area contributed by atoms with Crippen molar-refractivity contribution in [3.63, 3.8) is 0 Å². The lowest BCUT2D eigenvalue weighted by Crippen LogP contribution is -2.50. The lowest BCUT2D eigenvalue weighted by molar-refractivity contribution is -0.0917. The molecule has 1 spiro atoms. The predicted molar refractivity (Wildman–Crippen MR) is 85.4 cm³/mol. The van der Waals surface area contributed by atoms with Crippen molar-refractivity contribution in [3.05, 3.63) is 0 Å². The molecule has 1 nitrogen and oxygen atoms in total. The largest absolute Gasteiger partial charge is 0.233 e. The van der Waals surface area contributed by atoms with Crippen LogP contribution in [0.1, 0.15) is 79.6 Å². The average Bonchev–Trinajstić information content (AvgIpc) is 2.77. The molecule has 0 amide bonds. The topological polar surface area (TPSA) is 19.9 Å². The standard InChI is InChI=1S/C20H33O/c1-13-7-6-9-18(4)10-8-15-17(2,3)12-19(5)11-14(21)16(13)20(15,18)19/h13-16H,6-12H2,1-5H3/t13-,14+,15-,16-,18+,19-,20?/m1/s1. The highest BCUT2D eigenvalue weighted by atomic mass is 16.3. The molecule has 1 radical (unpaired) electrons. The molecule has 0 N–H and O–H groups in total. The van der Waals surface area contributed by atoms with Crippen LogP contribution in [0.2, 0.25) is 0 Å². The Balaban J connectivity index is 1.98. The zero-order chi connectivity index (χ0) is 15.3. The van der Waals surface area contributed by atoms with Crippen LogP contribution in [0.4, 0.5) is 0 Å². The third-order valence-corrected chi connectivity index (χ3v) is 8.90. The summed E-state index contributed by atoms with van der Waals surface area (Å²) in [5.41, 5.74) is 1.54. The Hall–Kier alpha value is -0.0400. The molecule has 0 aromatic rings. The zero-order valence-corrected chi connectivity index (χ0v) is 14.7. The van der Waals surface area contributed by atoms with Crippen molar-refractivity contribution in [3.8, 4) is 0 Å². The highest BCUT2D eigenvalue weighted by molar-refractivity contribution is 5.27. The molecule has 4 rings (SSSR count). The molecule has 1 unspecified atom stereocenters. The van der Waals surface area contributed by atoms with Gasteiger partial charge in [0.05, 0.1) is 6.10 Å². The third-order valence-electron chi connectivity index (χ3n) is 8.90. The van der Waals surface area contributed by atoms with Crippen LogP contribution in [-0.4, -0.2) is 6.10 Å². The van der Waals surface area contributed by atoms with Gasteiger partial charge in [-0.3, -0.25) is 0 Å². The van der Waals surface area contributed by atoms with Crippen molar-refractivity contribution in [1.82, 2.24) is 0 Å². The van der Waals surface area contributed by atoms with Crippen molar-refractivity contribution in [1.29, 1.82) is 0 Å². The summed E-state index contributed by atoms with van der Waals surface area (Å²) < 4.78 is 0. The number of hydrogen-bond donors (Lipinski definition) is 0. The summed E-state index contributed by atoms with van der Waals surface area (Å²) in [5, 5.41) is 13.1. The molecule has 7 atom stereocenters. The minimum absolute atomic E-state index is 0.292. The van der Waals surface area contributed by atoms with Gasteiger partial charge < -0.3 is 0 Å². The van der Waals surface area contributed by atoms with Crippen LogP contribution in [0, 0.1) is 39.4 Å². The SMILES string of the molecule is C[C@@H]1CCC[C@@]2(C)CC[C@@H]3C(C)(C)C[C@@]4(C)C[C@H]([O])[C@@H]1C324. The molecule has 1 heteroatoms. The second-order valence-electron chi connectivity index (χ2n) is 10.4. The molecule has 0 aliphatic heterocycles. The highest BCUT2D eigenvalue weighted by Crippen LogP contribution is 2.84. The second kappa shape index (κ2) is 3.89. The van der Waals surface area contributed by atoms with Gasteiger partial charge in [0.25, 0.3) is 0 Å². The van der Waals surface area contributed by atoms with Gasteiger partial charge in [-0.2, -0.15) is 0 Å². The Kier molecular flexibility index (Phi) is 2.69. The van der Waals surface area contributed by atoms with E-state index < -0.39 is 0 Å². The van der Waals surface area contributed by atoms with Crippen LogP contribution in [0.5, 0.6) is 0 Å². The molecule has 4 aliphatic carbocycles. The Labute approximate surface area is 130 Å². The van der Waals surface area contributed by atoms with E-state index in [0.717, 1.165) is 12.3 Å². The predicted octanol–water partition coefficient (Wildman–Crippen LogP) is 5.46. The van der Waals surface area contributed by atoms with E-state index in [0.29, 0.717) is 33.5 Å². The Bertz CT molecular complexity index is 464. The first kappa shape index (κ1) is 14.5. The fourth-order valence-electron chi connectivity index (χ4n) is 9.03. The van der Waals surface area contributed by atoms with Crippen LogP contribution >= 0.6 is 0 Å². The van der Waals surface area contributed by atoms with Gasteiger partial charge in [-0.05, 0) is 71.5 Å². The van der Waals surface area contributed by atoms with Gasteiger partial charge in [0.2, 0.25) is 0 Å². The zero-order valence-electron chi connectivity index (χ0n) is 14.7. The van der Waals surface area contributed by atoms with Gasteiger partial charge in [-0.15, -0.1) is 0 Å². The van der Waals surface area contributed by atoms with E-state index in [1.165, 1.54) is 38.5 Å². The fraction of sp³-hybridized carbons (Fsp3) is 1.00. The summed E-state index contributed by atoms with van der Waals surface area (Å²) in [5.74, 6) is 1.89. The van der Waals surface area contributed by atoms with Crippen molar-refractivity contribution >= 4 is 0 Å². The van der Waals surface area contributed by atoms with Crippen LogP contribution in [0.25, 0.3) is 0 Å². The molecule has 0 bridgehead atoms. The number of rotatable bonds is 0. The van der Waals surface area contributed by atoms with Gasteiger partial charge in [-0.25, -0.2) is 5.11 Å². The Morgan fingerprint density at radius 3 is 2.38 bits per heavy atom. The normalized spacial score (nSPS) is 61.4. The minimum Gasteiger partial charge on any atom is -0.233 e. The molecule has 0 aromatic heterocycles. The average molecular weight is 289 g/mol. The van der Waals surface area contributed by atoms with E-state index in [9.17, 15) is 5.11 Å². The monoisotopic (exact) mass is 289 g/mol. The van der Waals surface area contributed by atoms with Gasteiger partial charge in [0.1, 0.15) is 0 Å². The molecule has 4 aliphatic rings. The first-order valence-corrected chi connectivity index (χ1v) is 9.34. The summed E-state index contributed by atoms with van der Waals surface area (Å²) in [6.07, 6.45) is 8.75. The maximum Gasteiger partial charge on any atom is 0.0971 e. The van der Waals surface area contributed by atoms with Gasteiger partial charge in [-0.1, -0.05) is 47.5 Å². The van der Waals surface area contributed by atoms with Gasteiger partial charge in [0, 0.05) is 0 Å². The molecule has 4 saturated carbocycles. The third kappa shape index (κ3) is 1.39. The van der Waals surface area contributed by atoms with Gasteiger partial charge in [0.15, 0.2) is 0 Å². The van der Waals surface area contributed by atoms with Crippen molar-refractivity contribution in [2.45, 2.75) is 85.7 Å². The molecule has 21 heavy (non-hydrogen) atoms. The quantitative estimate of drug-likeness (QED) is 0.564. The number of hydrogen-bond acceptors (Lipinski definition) is 0. The maximum atomic E-state index is 13.1. The van der Waals surface area contributed by atoms with Crippen LogP contribution in [-0.2, 0) is 5.11 Å². The first-order valence-electron chi connectivity index (χ1n) is 9.34. The Morgan fingerprint density at radius 2 is 1.67 bits per heavy atom. The van der Waals surface area contributed by atoms with Crippen LogP contribution in [0.3, 0.4) is 0 Å². The second-order valence-corrected chi connectivity index (χ2v) is 10.4. The molecule has 0 aromatic carbocycles. The summed E-state index contributed by atoms with van der Waals surface area (Å²) in [6.45, 7) is 12.5.